The third-order valence-electron chi connectivity index (χ3n) is 2.52. The van der Waals surface area contributed by atoms with E-state index in [0.29, 0.717) is 18.5 Å². The Morgan fingerprint density at radius 2 is 1.95 bits per heavy atom. The van der Waals surface area contributed by atoms with Gasteiger partial charge in [-0.2, -0.15) is 0 Å². The van der Waals surface area contributed by atoms with Gasteiger partial charge in [0.1, 0.15) is 0 Å². The molecular formula is C15H19N3O3. The number of aliphatic hydroxyl groups is 1. The zero-order chi connectivity index (χ0) is 15.7. The van der Waals surface area contributed by atoms with Crippen molar-refractivity contribution in [3.8, 4) is 11.8 Å². The summed E-state index contributed by atoms with van der Waals surface area (Å²) >= 11 is 0. The summed E-state index contributed by atoms with van der Waals surface area (Å²) in [5.74, 6) is 5.48. The lowest BCUT2D eigenvalue weighted by Gasteiger charge is -2.07. The molecular weight excluding hydrogens is 270 g/mol. The summed E-state index contributed by atoms with van der Waals surface area (Å²) in [5, 5.41) is 13.8. The summed E-state index contributed by atoms with van der Waals surface area (Å²) in [4.78, 5) is 22.5. The van der Waals surface area contributed by atoms with Crippen LogP contribution >= 0.6 is 0 Å². The Morgan fingerprint density at radius 3 is 2.62 bits per heavy atom. The molecule has 1 rings (SSSR count). The molecule has 6 nitrogen and oxygen atoms in total. The number of aliphatic hydroxyl groups excluding tert-OH is 1. The smallest absolute Gasteiger partial charge is 0.312 e. The van der Waals surface area contributed by atoms with Gasteiger partial charge >= 0.3 is 6.03 Å². The van der Waals surface area contributed by atoms with Crippen molar-refractivity contribution in [1.29, 1.82) is 0 Å². The molecule has 0 saturated carbocycles. The molecule has 0 aliphatic rings. The van der Waals surface area contributed by atoms with Crippen LogP contribution in [0, 0.1) is 18.8 Å². The number of amides is 3. The maximum Gasteiger partial charge on any atom is 0.312 e. The highest BCUT2D eigenvalue weighted by Gasteiger charge is 2.06. The number of urea groups is 1. The predicted molar refractivity (Wildman–Crippen MR) is 79.7 cm³/mol. The van der Waals surface area contributed by atoms with Gasteiger partial charge in [-0.15, -0.1) is 0 Å². The molecule has 0 atom stereocenters. The lowest BCUT2D eigenvalue weighted by molar-refractivity contribution is 0.0953. The molecule has 0 radical (unpaired) electrons. The van der Waals surface area contributed by atoms with Crippen molar-refractivity contribution in [2.24, 2.45) is 5.73 Å². The molecule has 6 heteroatoms. The Bertz CT molecular complexity index is 573. The molecule has 3 amide bonds. The number of primary amides is 1. The van der Waals surface area contributed by atoms with Crippen LogP contribution in [0.25, 0.3) is 0 Å². The molecule has 21 heavy (non-hydrogen) atoms. The van der Waals surface area contributed by atoms with Gasteiger partial charge in [-0.05, 0) is 30.7 Å². The summed E-state index contributed by atoms with van der Waals surface area (Å²) in [6, 6.07) is 4.69. The molecule has 5 N–H and O–H groups in total. The molecule has 0 heterocycles. The molecule has 0 aliphatic heterocycles. The molecule has 0 saturated heterocycles. The Labute approximate surface area is 123 Å². The number of benzene rings is 1. The summed E-state index contributed by atoms with van der Waals surface area (Å²) in [6.07, 6.45) is 0.397. The third-order valence-corrected chi connectivity index (χ3v) is 2.52. The van der Waals surface area contributed by atoms with Crippen LogP contribution in [0.1, 0.15) is 27.9 Å². The van der Waals surface area contributed by atoms with E-state index in [2.05, 4.69) is 22.5 Å². The van der Waals surface area contributed by atoms with Crippen LogP contribution in [0.15, 0.2) is 18.2 Å². The Morgan fingerprint density at radius 1 is 1.24 bits per heavy atom. The first-order valence-electron chi connectivity index (χ1n) is 6.56. The van der Waals surface area contributed by atoms with Crippen molar-refractivity contribution in [2.45, 2.75) is 13.3 Å². The first-order chi connectivity index (χ1) is 10.0. The van der Waals surface area contributed by atoms with Gasteiger partial charge in [-0.1, -0.05) is 11.8 Å². The molecule has 1 aromatic carbocycles. The maximum atomic E-state index is 12.0. The second-order valence-electron chi connectivity index (χ2n) is 4.41. The van der Waals surface area contributed by atoms with E-state index in [-0.39, 0.29) is 19.1 Å². The van der Waals surface area contributed by atoms with E-state index in [4.69, 9.17) is 10.8 Å². The standard InChI is InChI=1S/C15H19N3O3/c1-11-8-12(4-2-3-7-19)10-13(9-11)14(20)17-5-6-18-15(16)21/h8-10,19H,3,5-7H2,1H3,(H,17,20)(H3,16,18,21). The van der Waals surface area contributed by atoms with Crippen molar-refractivity contribution in [3.63, 3.8) is 0 Å². The lowest BCUT2D eigenvalue weighted by atomic mass is 10.1. The number of hydrogen-bond donors (Lipinski definition) is 4. The van der Waals surface area contributed by atoms with Crippen LogP contribution in [0.2, 0.25) is 0 Å². The average Bonchev–Trinajstić information content (AvgIpc) is 2.43. The normalized spacial score (nSPS) is 9.43. The van der Waals surface area contributed by atoms with Gasteiger partial charge in [-0.25, -0.2) is 4.79 Å². The highest BCUT2D eigenvalue weighted by atomic mass is 16.2. The van der Waals surface area contributed by atoms with Gasteiger partial charge in [0, 0.05) is 30.6 Å². The first-order valence-corrected chi connectivity index (χ1v) is 6.56. The molecule has 112 valence electrons. The van der Waals surface area contributed by atoms with Gasteiger partial charge < -0.3 is 21.5 Å². The highest BCUT2D eigenvalue weighted by Crippen LogP contribution is 2.09. The van der Waals surface area contributed by atoms with Gasteiger partial charge in [0.25, 0.3) is 5.91 Å². The number of rotatable bonds is 5. The first kappa shape index (κ1) is 16.5. The van der Waals surface area contributed by atoms with Crippen molar-refractivity contribution in [1.82, 2.24) is 10.6 Å². The number of nitrogens with one attached hydrogen (secondary N) is 2. The molecule has 0 aromatic heterocycles. The average molecular weight is 289 g/mol. The number of carbonyl (C=O) groups is 2. The zero-order valence-electron chi connectivity index (χ0n) is 11.9. The van der Waals surface area contributed by atoms with Crippen LogP contribution in [0.4, 0.5) is 4.79 Å². The molecule has 0 spiro atoms. The molecule has 0 fully saturated rings. The van der Waals surface area contributed by atoms with Crippen LogP contribution in [0.3, 0.4) is 0 Å². The van der Waals surface area contributed by atoms with E-state index in [1.807, 2.05) is 13.0 Å². The summed E-state index contributed by atoms with van der Waals surface area (Å²) in [5.41, 5.74) is 7.07. The summed E-state index contributed by atoms with van der Waals surface area (Å²) in [7, 11) is 0. The molecule has 0 aliphatic carbocycles. The van der Waals surface area contributed by atoms with Crippen LogP contribution < -0.4 is 16.4 Å². The molecule has 0 unspecified atom stereocenters. The van der Waals surface area contributed by atoms with Crippen molar-refractivity contribution in [2.75, 3.05) is 19.7 Å². The minimum absolute atomic E-state index is 0.0129. The predicted octanol–water partition coefficient (Wildman–Crippen LogP) is 0.127. The largest absolute Gasteiger partial charge is 0.395 e. The minimum Gasteiger partial charge on any atom is -0.395 e. The monoisotopic (exact) mass is 289 g/mol. The van der Waals surface area contributed by atoms with Gasteiger partial charge in [0.2, 0.25) is 0 Å². The van der Waals surface area contributed by atoms with E-state index in [0.717, 1.165) is 11.1 Å². The second-order valence-corrected chi connectivity index (χ2v) is 4.41. The van der Waals surface area contributed by atoms with Crippen molar-refractivity contribution in [3.05, 3.63) is 34.9 Å². The van der Waals surface area contributed by atoms with Gasteiger partial charge in [-0.3, -0.25) is 4.79 Å². The second kappa shape index (κ2) is 8.61. The van der Waals surface area contributed by atoms with E-state index < -0.39 is 6.03 Å². The third kappa shape index (κ3) is 6.45. The van der Waals surface area contributed by atoms with E-state index in [1.165, 1.54) is 0 Å². The number of hydrogen-bond acceptors (Lipinski definition) is 3. The number of nitrogens with two attached hydrogens (primary N) is 1. The van der Waals surface area contributed by atoms with Gasteiger partial charge in [0.05, 0.1) is 6.61 Å². The van der Waals surface area contributed by atoms with Crippen LogP contribution in [0.5, 0.6) is 0 Å². The Hall–Kier alpha value is -2.52. The summed E-state index contributed by atoms with van der Waals surface area (Å²) in [6.45, 7) is 2.46. The highest BCUT2D eigenvalue weighted by molar-refractivity contribution is 5.94. The van der Waals surface area contributed by atoms with E-state index in [1.54, 1.807) is 12.1 Å². The fraction of sp³-hybridized carbons (Fsp3) is 0.333. The van der Waals surface area contributed by atoms with Crippen LogP contribution in [-0.2, 0) is 0 Å². The summed E-state index contributed by atoms with van der Waals surface area (Å²) < 4.78 is 0. The fourth-order valence-electron chi connectivity index (χ4n) is 1.67. The zero-order valence-corrected chi connectivity index (χ0v) is 11.9. The lowest BCUT2D eigenvalue weighted by Crippen LogP contribution is -2.37. The quantitative estimate of drug-likeness (QED) is 0.457. The molecule has 0 bridgehead atoms. The van der Waals surface area contributed by atoms with Crippen molar-refractivity contribution >= 4 is 11.9 Å². The Balaban J connectivity index is 2.67. The van der Waals surface area contributed by atoms with E-state index in [9.17, 15) is 9.59 Å². The minimum atomic E-state index is -0.624. The topological polar surface area (TPSA) is 104 Å². The maximum absolute atomic E-state index is 12.0. The SMILES string of the molecule is Cc1cc(C#CCCO)cc(C(=O)NCCNC(N)=O)c1. The van der Waals surface area contributed by atoms with E-state index >= 15 is 0 Å². The van der Waals surface area contributed by atoms with Crippen molar-refractivity contribution < 1.29 is 14.7 Å². The molecule has 1 aromatic rings. The fourth-order valence-corrected chi connectivity index (χ4v) is 1.67. The van der Waals surface area contributed by atoms with Gasteiger partial charge in [0.15, 0.2) is 0 Å². The Kier molecular flexibility index (Phi) is 6.78. The van der Waals surface area contributed by atoms with Crippen LogP contribution in [-0.4, -0.2) is 36.7 Å². The number of aryl methyl sites for hydroxylation is 1. The number of carbonyl (C=O) groups excluding carboxylic acids is 2.